The molecule has 1 heterocycles. The highest BCUT2D eigenvalue weighted by Crippen LogP contribution is 1.99. The molecule has 0 bridgehead atoms. The summed E-state index contributed by atoms with van der Waals surface area (Å²) in [5.41, 5.74) is 8.80. The van der Waals surface area contributed by atoms with Gasteiger partial charge in [0.15, 0.2) is 0 Å². The fourth-order valence-corrected chi connectivity index (χ4v) is 0.468. The lowest BCUT2D eigenvalue weighted by Gasteiger charge is -1.92. The summed E-state index contributed by atoms with van der Waals surface area (Å²) >= 11 is 7.74. The van der Waals surface area contributed by atoms with E-state index in [1.165, 1.54) is 0 Å². The highest BCUT2D eigenvalue weighted by Gasteiger charge is 1.82. The van der Waals surface area contributed by atoms with Crippen LogP contribution in [0.2, 0.25) is 0 Å². The van der Waals surface area contributed by atoms with Crippen LogP contribution in [0.5, 0.6) is 5.88 Å². The molecular weight excluding hydrogens is 262 g/mol. The summed E-state index contributed by atoms with van der Waals surface area (Å²) in [6.07, 6.45) is 1.69. The minimum atomic E-state index is -0.500. The number of pyridine rings is 1. The number of nitrogens with zero attached hydrogens (tertiary/aromatic N) is 1. The van der Waals surface area contributed by atoms with Gasteiger partial charge in [-0.15, -0.1) is 0 Å². The molecule has 0 spiro atoms. The molecule has 6 N–H and O–H groups in total. The zero-order chi connectivity index (χ0) is 13.0. The van der Waals surface area contributed by atoms with Crippen LogP contribution in [-0.2, 0) is 0 Å². The molecule has 98 valence electrons. The molecule has 0 atom stereocenters. The van der Waals surface area contributed by atoms with E-state index < -0.39 is 10.3 Å². The van der Waals surface area contributed by atoms with Gasteiger partial charge in [-0.2, -0.15) is 0 Å². The second kappa shape index (κ2) is 14.3. The van der Waals surface area contributed by atoms with Crippen molar-refractivity contribution in [2.75, 3.05) is 7.11 Å². The predicted molar refractivity (Wildman–Crippen MR) is 76.3 cm³/mol. The molecule has 0 fully saturated rings. The van der Waals surface area contributed by atoms with Crippen LogP contribution in [0.25, 0.3) is 0 Å². The summed E-state index contributed by atoms with van der Waals surface area (Å²) < 4.78 is 4.80. The average Bonchev–Trinajstić information content (AvgIpc) is 2.17. The van der Waals surface area contributed by atoms with Gasteiger partial charge in [0.2, 0.25) is 5.88 Å². The molecule has 1 rings (SSSR count). The summed E-state index contributed by atoms with van der Waals surface area (Å²) in [5, 5.41) is 14.1. The molecule has 17 heavy (non-hydrogen) atoms. The first-order valence-corrected chi connectivity index (χ1v) is 4.63. The number of hydrogen-bond donors (Lipinski definition) is 4. The van der Waals surface area contributed by atoms with Crippen molar-refractivity contribution in [1.29, 1.82) is 0 Å². The van der Waals surface area contributed by atoms with E-state index in [4.69, 9.17) is 14.9 Å². The number of rotatable bonds is 1. The van der Waals surface area contributed by atoms with Crippen LogP contribution in [0.3, 0.4) is 0 Å². The summed E-state index contributed by atoms with van der Waals surface area (Å²) in [4.78, 5) is 3.88. The Labute approximate surface area is 111 Å². The first-order valence-electron chi connectivity index (χ1n) is 3.82. The smallest absolute Gasteiger partial charge is 0.251 e. The topological polar surface area (TPSA) is 115 Å². The number of aromatic nitrogens is 1. The molecule has 8 heteroatoms. The summed E-state index contributed by atoms with van der Waals surface area (Å²) in [7, 11) is 1.60. The molecule has 6 nitrogen and oxygen atoms in total. The molecule has 0 unspecified atom stereocenters. The van der Waals surface area contributed by atoms with Gasteiger partial charge in [0.05, 0.1) is 7.11 Å². The van der Waals surface area contributed by atoms with Gasteiger partial charge >= 0.3 is 0 Å². The predicted octanol–water partition coefficient (Wildman–Crippen LogP) is 1.30. The van der Waals surface area contributed by atoms with Crippen LogP contribution in [-0.4, -0.2) is 32.7 Å². The van der Waals surface area contributed by atoms with E-state index in [0.29, 0.717) is 5.88 Å². The van der Waals surface area contributed by atoms with Crippen molar-refractivity contribution in [1.82, 2.24) is 4.98 Å². The van der Waals surface area contributed by atoms with Crippen LogP contribution in [0.1, 0.15) is 7.43 Å². The number of hydrogen-bond acceptors (Lipinski definition) is 4. The first-order chi connectivity index (χ1) is 7.40. The van der Waals surface area contributed by atoms with E-state index in [1.54, 1.807) is 19.4 Å². The van der Waals surface area contributed by atoms with E-state index in [1.807, 2.05) is 12.1 Å². The molecule has 1 aromatic heterocycles. The Morgan fingerprint density at radius 2 is 1.65 bits per heavy atom. The molecule has 0 aliphatic heterocycles. The third-order valence-corrected chi connectivity index (χ3v) is 0.847. The van der Waals surface area contributed by atoms with Gasteiger partial charge < -0.3 is 26.4 Å². The number of thiocarbonyl (C=S) groups is 2. The summed E-state index contributed by atoms with van der Waals surface area (Å²) in [6.45, 7) is 0. The van der Waals surface area contributed by atoms with Crippen molar-refractivity contribution in [3.63, 3.8) is 0 Å². The average molecular weight is 279 g/mol. The molecular formula is C9H17N3O3S2. The Morgan fingerprint density at radius 3 is 1.82 bits per heavy atom. The van der Waals surface area contributed by atoms with Crippen molar-refractivity contribution in [3.8, 4) is 5.88 Å². The standard InChI is InChI=1S/C6H7NO.2CH3NOS.CH4/c1-8-6-4-2-3-5-7-6;2*2-1(3)4;/h2-5H,1H3;2*(H3,2,3,4);1H4. The minimum absolute atomic E-state index is 0. The molecule has 1 aromatic rings. The first kappa shape index (κ1) is 20.7. The number of nitrogens with two attached hydrogens (primary N) is 2. The fourth-order valence-electron chi connectivity index (χ4n) is 0.468. The molecule has 0 aromatic carbocycles. The molecule has 0 aliphatic carbocycles. The van der Waals surface area contributed by atoms with Crippen LogP contribution < -0.4 is 16.2 Å². The van der Waals surface area contributed by atoms with Gasteiger partial charge in [0.25, 0.3) is 10.3 Å². The van der Waals surface area contributed by atoms with Crippen molar-refractivity contribution in [3.05, 3.63) is 24.4 Å². The highest BCUT2D eigenvalue weighted by molar-refractivity contribution is 7.80. The lowest BCUT2D eigenvalue weighted by molar-refractivity contribution is 0.398. The normalized spacial score (nSPS) is 6.88. The van der Waals surface area contributed by atoms with Gasteiger partial charge in [0, 0.05) is 12.3 Å². The summed E-state index contributed by atoms with van der Waals surface area (Å²) in [5.74, 6) is 0.660. The van der Waals surface area contributed by atoms with Gasteiger partial charge in [-0.05, 0) is 30.5 Å². The Morgan fingerprint density at radius 1 is 1.24 bits per heavy atom. The Bertz CT molecular complexity index is 290. The van der Waals surface area contributed by atoms with E-state index in [0.717, 1.165) is 0 Å². The minimum Gasteiger partial charge on any atom is -0.487 e. The number of aliphatic hydroxyl groups excluding tert-OH is 2. The molecule has 0 saturated heterocycles. The monoisotopic (exact) mass is 279 g/mol. The molecule has 0 saturated carbocycles. The van der Waals surface area contributed by atoms with Gasteiger partial charge in [-0.3, -0.25) is 0 Å². The van der Waals surface area contributed by atoms with E-state index in [9.17, 15) is 0 Å². The second-order valence-corrected chi connectivity index (χ2v) is 2.89. The third-order valence-electron chi connectivity index (χ3n) is 0.847. The lowest BCUT2D eigenvalue weighted by Crippen LogP contribution is -2.03. The maximum Gasteiger partial charge on any atom is 0.251 e. The van der Waals surface area contributed by atoms with E-state index in [2.05, 4.69) is 40.9 Å². The van der Waals surface area contributed by atoms with Gasteiger partial charge in [-0.1, -0.05) is 13.5 Å². The molecule has 0 aliphatic rings. The van der Waals surface area contributed by atoms with Crippen molar-refractivity contribution < 1.29 is 14.9 Å². The van der Waals surface area contributed by atoms with Crippen LogP contribution in [0, 0.1) is 0 Å². The SMILES string of the molecule is C.COc1ccccn1.NC(O)=S.NC(O)=S. The molecule has 0 radical (unpaired) electrons. The van der Waals surface area contributed by atoms with E-state index >= 15 is 0 Å². The lowest BCUT2D eigenvalue weighted by atomic mass is 10.5. The quantitative estimate of drug-likeness (QED) is 0.569. The Balaban J connectivity index is -0.000000189. The Hall–Kier alpha value is -1.67. The van der Waals surface area contributed by atoms with Crippen molar-refractivity contribution >= 4 is 34.8 Å². The summed E-state index contributed by atoms with van der Waals surface area (Å²) in [6, 6.07) is 5.54. The Kier molecular flexibility index (Phi) is 17.5. The number of aliphatic hydroxyl groups is 2. The third kappa shape index (κ3) is 31.4. The van der Waals surface area contributed by atoms with Gasteiger partial charge in [0.1, 0.15) is 0 Å². The fraction of sp³-hybridized carbons (Fsp3) is 0.222. The second-order valence-electron chi connectivity index (χ2n) is 2.05. The zero-order valence-corrected chi connectivity index (χ0v) is 10.2. The van der Waals surface area contributed by atoms with E-state index in [-0.39, 0.29) is 7.43 Å². The maximum absolute atomic E-state index is 7.56. The maximum atomic E-state index is 7.56. The number of ether oxygens (including phenoxy) is 1. The van der Waals surface area contributed by atoms with Crippen molar-refractivity contribution in [2.24, 2.45) is 11.5 Å². The molecule has 0 amide bonds. The zero-order valence-electron chi connectivity index (χ0n) is 8.53. The van der Waals surface area contributed by atoms with Gasteiger partial charge in [-0.25, -0.2) is 4.98 Å². The van der Waals surface area contributed by atoms with Crippen LogP contribution >= 0.6 is 24.4 Å². The largest absolute Gasteiger partial charge is 0.487 e. The van der Waals surface area contributed by atoms with Crippen LogP contribution in [0.4, 0.5) is 0 Å². The highest BCUT2D eigenvalue weighted by atomic mass is 32.1. The van der Waals surface area contributed by atoms with Crippen LogP contribution in [0.15, 0.2) is 24.4 Å². The number of methoxy groups -OCH3 is 1. The van der Waals surface area contributed by atoms with Crippen molar-refractivity contribution in [2.45, 2.75) is 7.43 Å².